The Hall–Kier alpha value is -1.42. The van der Waals surface area contributed by atoms with E-state index in [0.717, 1.165) is 45.2 Å². The van der Waals surface area contributed by atoms with E-state index in [-0.39, 0.29) is 5.91 Å². The van der Waals surface area contributed by atoms with Crippen LogP contribution >= 0.6 is 0 Å². The fraction of sp³-hybridized carbons (Fsp3) is 0.647. The number of rotatable bonds is 3. The van der Waals surface area contributed by atoms with E-state index in [2.05, 4.69) is 11.1 Å². The van der Waals surface area contributed by atoms with Gasteiger partial charge in [-0.05, 0) is 43.2 Å². The molecule has 0 aromatic carbocycles. The number of nitrogens with zero attached hydrogens (tertiary/aromatic N) is 2. The number of hydrogen-bond donors (Lipinski definition) is 1. The van der Waals surface area contributed by atoms with Gasteiger partial charge in [-0.1, -0.05) is 25.3 Å². The molecule has 1 aromatic rings. The number of hydrogen-bond acceptors (Lipinski definition) is 3. The molecular weight excluding hydrogens is 264 g/mol. The van der Waals surface area contributed by atoms with Gasteiger partial charge in [0.1, 0.15) is 5.60 Å². The Labute approximate surface area is 126 Å². The number of carbonyl (C=O) groups is 1. The summed E-state index contributed by atoms with van der Waals surface area (Å²) in [5, 5.41) is 10.6. The fourth-order valence-corrected chi connectivity index (χ4v) is 3.68. The topological polar surface area (TPSA) is 53.4 Å². The van der Waals surface area contributed by atoms with E-state index in [1.54, 1.807) is 6.20 Å². The summed E-state index contributed by atoms with van der Waals surface area (Å²) in [5.41, 5.74) is 0.148. The van der Waals surface area contributed by atoms with E-state index in [1.807, 2.05) is 17.2 Å². The first-order chi connectivity index (χ1) is 10.2. The lowest BCUT2D eigenvalue weighted by Gasteiger charge is -2.34. The summed E-state index contributed by atoms with van der Waals surface area (Å²) in [7, 11) is 0. The molecule has 2 fully saturated rings. The van der Waals surface area contributed by atoms with Crippen molar-refractivity contribution in [1.82, 2.24) is 9.88 Å². The first kappa shape index (κ1) is 14.5. The molecule has 1 aliphatic carbocycles. The first-order valence-corrected chi connectivity index (χ1v) is 8.08. The van der Waals surface area contributed by atoms with Crippen LogP contribution in [0.1, 0.15) is 44.1 Å². The molecule has 1 atom stereocenters. The third-order valence-electron chi connectivity index (χ3n) is 4.90. The normalized spacial score (nSPS) is 25.0. The van der Waals surface area contributed by atoms with Crippen LogP contribution in [0, 0.1) is 5.92 Å². The van der Waals surface area contributed by atoms with Crippen molar-refractivity contribution in [3.8, 4) is 0 Å². The van der Waals surface area contributed by atoms with Gasteiger partial charge in [-0.25, -0.2) is 0 Å². The van der Waals surface area contributed by atoms with Crippen LogP contribution < -0.4 is 0 Å². The molecule has 4 heteroatoms. The monoisotopic (exact) mass is 288 g/mol. The van der Waals surface area contributed by atoms with Crippen molar-refractivity contribution in [2.45, 2.75) is 50.5 Å². The quantitative estimate of drug-likeness (QED) is 0.927. The molecule has 1 saturated heterocycles. The van der Waals surface area contributed by atoms with Crippen LogP contribution in [0.4, 0.5) is 0 Å². The highest BCUT2D eigenvalue weighted by Crippen LogP contribution is 2.32. The van der Waals surface area contributed by atoms with E-state index < -0.39 is 5.60 Å². The molecular formula is C17H24N2O2. The summed E-state index contributed by atoms with van der Waals surface area (Å²) < 4.78 is 0. The van der Waals surface area contributed by atoms with E-state index >= 15 is 0 Å². The predicted octanol–water partition coefficient (Wildman–Crippen LogP) is 2.17. The second-order valence-corrected chi connectivity index (χ2v) is 6.56. The van der Waals surface area contributed by atoms with Gasteiger partial charge in [-0.15, -0.1) is 0 Å². The summed E-state index contributed by atoms with van der Waals surface area (Å²) in [4.78, 5) is 18.6. The molecule has 1 amide bonds. The van der Waals surface area contributed by atoms with Crippen molar-refractivity contribution >= 4 is 5.91 Å². The number of aromatic nitrogens is 1. The van der Waals surface area contributed by atoms with Crippen molar-refractivity contribution in [2.75, 3.05) is 13.1 Å². The molecule has 4 nitrogen and oxygen atoms in total. The average Bonchev–Trinajstić information content (AvgIpc) is 2.96. The van der Waals surface area contributed by atoms with Gasteiger partial charge in [0, 0.05) is 25.5 Å². The van der Waals surface area contributed by atoms with Crippen LogP contribution in [0.3, 0.4) is 0 Å². The van der Waals surface area contributed by atoms with Gasteiger partial charge < -0.3 is 10.0 Å². The maximum absolute atomic E-state index is 12.6. The third kappa shape index (κ3) is 3.26. The van der Waals surface area contributed by atoms with Gasteiger partial charge in [-0.2, -0.15) is 0 Å². The summed E-state index contributed by atoms with van der Waals surface area (Å²) in [6.45, 7) is 1.56. The first-order valence-electron chi connectivity index (χ1n) is 8.08. The molecule has 2 heterocycles. The van der Waals surface area contributed by atoms with Gasteiger partial charge in [0.05, 0.1) is 0 Å². The molecule has 1 unspecified atom stereocenters. The Morgan fingerprint density at radius 2 is 2.19 bits per heavy atom. The molecule has 114 valence electrons. The third-order valence-corrected chi connectivity index (χ3v) is 4.90. The Morgan fingerprint density at radius 3 is 2.90 bits per heavy atom. The zero-order valence-corrected chi connectivity index (χ0v) is 12.5. The molecule has 2 aliphatic rings. The van der Waals surface area contributed by atoms with Gasteiger partial charge in [0.25, 0.3) is 5.91 Å². The lowest BCUT2D eigenvalue weighted by molar-refractivity contribution is -0.153. The van der Waals surface area contributed by atoms with E-state index in [9.17, 15) is 9.90 Å². The van der Waals surface area contributed by atoms with Crippen molar-refractivity contribution in [2.24, 2.45) is 5.92 Å². The van der Waals surface area contributed by atoms with Crippen LogP contribution in [0.2, 0.25) is 0 Å². The number of aliphatic hydroxyl groups is 1. The molecule has 21 heavy (non-hydrogen) atoms. The van der Waals surface area contributed by atoms with Crippen molar-refractivity contribution in [3.05, 3.63) is 30.1 Å². The number of likely N-dealkylation sites (tertiary alicyclic amines) is 1. The summed E-state index contributed by atoms with van der Waals surface area (Å²) in [6, 6.07) is 4.05. The summed E-state index contributed by atoms with van der Waals surface area (Å²) >= 11 is 0. The minimum absolute atomic E-state index is 0.0316. The molecule has 0 radical (unpaired) electrons. The van der Waals surface area contributed by atoms with Crippen molar-refractivity contribution in [1.29, 1.82) is 0 Å². The highest BCUT2D eigenvalue weighted by Gasteiger charge is 2.41. The van der Waals surface area contributed by atoms with Crippen molar-refractivity contribution in [3.63, 3.8) is 0 Å². The van der Waals surface area contributed by atoms with Crippen LogP contribution in [-0.2, 0) is 11.2 Å². The number of carbonyl (C=O) groups excluding carboxylic acids is 1. The highest BCUT2D eigenvalue weighted by atomic mass is 16.3. The molecule has 1 aliphatic heterocycles. The zero-order chi connectivity index (χ0) is 14.7. The van der Waals surface area contributed by atoms with Crippen LogP contribution in [-0.4, -0.2) is 39.6 Å². The molecule has 0 bridgehead atoms. The number of pyridine rings is 1. The minimum Gasteiger partial charge on any atom is -0.380 e. The van der Waals surface area contributed by atoms with Gasteiger partial charge >= 0.3 is 0 Å². The summed E-state index contributed by atoms with van der Waals surface area (Å²) in [6.07, 6.45) is 10.0. The van der Waals surface area contributed by atoms with Gasteiger partial charge in [0.2, 0.25) is 0 Å². The molecule has 1 aromatic heterocycles. The Kier molecular flexibility index (Phi) is 4.24. The Balaban J connectivity index is 1.58. The van der Waals surface area contributed by atoms with E-state index in [1.165, 1.54) is 5.56 Å². The molecule has 0 spiro atoms. The Morgan fingerprint density at radius 1 is 1.38 bits per heavy atom. The minimum atomic E-state index is -1.08. The van der Waals surface area contributed by atoms with Crippen LogP contribution in [0.15, 0.2) is 24.5 Å². The average molecular weight is 288 g/mol. The largest absolute Gasteiger partial charge is 0.380 e. The molecule has 1 N–H and O–H groups in total. The highest BCUT2D eigenvalue weighted by molar-refractivity contribution is 5.85. The van der Waals surface area contributed by atoms with Crippen molar-refractivity contribution < 1.29 is 9.90 Å². The standard InChI is InChI=1S/C17H24N2O2/c20-16(17(21)7-2-1-3-8-17)19-10-6-15(13-19)11-14-5-4-9-18-12-14/h4-5,9,12,15,21H,1-3,6-8,10-11,13H2. The zero-order valence-electron chi connectivity index (χ0n) is 12.5. The maximum atomic E-state index is 12.6. The SMILES string of the molecule is O=C(N1CCC(Cc2cccnc2)C1)C1(O)CCCCC1. The summed E-state index contributed by atoms with van der Waals surface area (Å²) in [5.74, 6) is 0.459. The van der Waals surface area contributed by atoms with Crippen LogP contribution in [0.25, 0.3) is 0 Å². The molecule has 1 saturated carbocycles. The smallest absolute Gasteiger partial charge is 0.254 e. The van der Waals surface area contributed by atoms with E-state index in [0.29, 0.717) is 18.8 Å². The lowest BCUT2D eigenvalue weighted by Crippen LogP contribution is -2.49. The maximum Gasteiger partial charge on any atom is 0.254 e. The van der Waals surface area contributed by atoms with E-state index in [4.69, 9.17) is 0 Å². The van der Waals surface area contributed by atoms with Gasteiger partial charge in [0.15, 0.2) is 0 Å². The predicted molar refractivity (Wildman–Crippen MR) is 80.7 cm³/mol. The fourth-order valence-electron chi connectivity index (χ4n) is 3.68. The van der Waals surface area contributed by atoms with Crippen LogP contribution in [0.5, 0.6) is 0 Å². The lowest BCUT2D eigenvalue weighted by atomic mass is 9.84. The molecule has 3 rings (SSSR count). The second-order valence-electron chi connectivity index (χ2n) is 6.56. The van der Waals surface area contributed by atoms with Gasteiger partial charge in [-0.3, -0.25) is 9.78 Å². The Bertz CT molecular complexity index is 483. The number of amides is 1. The second kappa shape index (κ2) is 6.14.